The van der Waals surface area contributed by atoms with Crippen molar-refractivity contribution in [3.05, 3.63) is 107 Å². The number of amides is 4. The molecule has 2 heterocycles. The third-order valence-corrected chi connectivity index (χ3v) is 6.09. The summed E-state index contributed by atoms with van der Waals surface area (Å²) in [6, 6.07) is 20.2. The Kier molecular flexibility index (Phi) is 5.74. The van der Waals surface area contributed by atoms with Gasteiger partial charge in [0, 0.05) is 29.2 Å². The van der Waals surface area contributed by atoms with E-state index in [4.69, 9.17) is 0 Å². The van der Waals surface area contributed by atoms with E-state index >= 15 is 0 Å². The second-order valence-electron chi connectivity index (χ2n) is 8.33. The number of carbonyl (C=O) groups is 3. The van der Waals surface area contributed by atoms with Gasteiger partial charge >= 0.3 is 6.03 Å². The maximum absolute atomic E-state index is 13.3. The molecule has 0 radical (unpaired) electrons. The average Bonchev–Trinajstić information content (AvgIpc) is 3.20. The Balaban J connectivity index is 1.54. The van der Waals surface area contributed by atoms with Crippen molar-refractivity contribution in [3.63, 3.8) is 0 Å². The van der Waals surface area contributed by atoms with Gasteiger partial charge in [-0.1, -0.05) is 49.4 Å². The highest BCUT2D eigenvalue weighted by Crippen LogP contribution is 2.27. The van der Waals surface area contributed by atoms with E-state index in [2.05, 4.69) is 5.32 Å². The first-order chi connectivity index (χ1) is 16.9. The molecule has 1 N–H and O–H groups in total. The minimum atomic E-state index is -0.778. The minimum Gasteiger partial charge on any atom is -0.342 e. The minimum absolute atomic E-state index is 0.131. The van der Waals surface area contributed by atoms with Gasteiger partial charge in [0.15, 0.2) is 0 Å². The molecule has 6 nitrogen and oxygen atoms in total. The molecule has 4 aromatic rings. The highest BCUT2D eigenvalue weighted by atomic mass is 19.1. The molecule has 4 amide bonds. The fraction of sp³-hybridized carbons (Fsp3) is 0.107. The molecule has 1 aliphatic rings. The topological polar surface area (TPSA) is 71.4 Å². The molecule has 1 fully saturated rings. The second kappa shape index (κ2) is 9.02. The molecule has 3 aromatic carbocycles. The van der Waals surface area contributed by atoms with Crippen LogP contribution in [0.2, 0.25) is 0 Å². The zero-order chi connectivity index (χ0) is 24.5. The Labute approximate surface area is 201 Å². The highest BCUT2D eigenvalue weighted by molar-refractivity contribution is 6.39. The number of urea groups is 1. The van der Waals surface area contributed by atoms with Crippen LogP contribution in [0.1, 0.15) is 23.6 Å². The summed E-state index contributed by atoms with van der Waals surface area (Å²) in [5.74, 6) is -1.73. The van der Waals surface area contributed by atoms with Crippen molar-refractivity contribution in [1.82, 2.24) is 9.88 Å². The molecule has 0 saturated carbocycles. The van der Waals surface area contributed by atoms with E-state index in [0.29, 0.717) is 17.8 Å². The largest absolute Gasteiger partial charge is 0.342 e. The summed E-state index contributed by atoms with van der Waals surface area (Å²) in [6.45, 7) is 2.50. The number of para-hydroxylation sites is 1. The first-order valence-electron chi connectivity index (χ1n) is 11.3. The van der Waals surface area contributed by atoms with Crippen molar-refractivity contribution < 1.29 is 18.8 Å². The molecule has 0 aliphatic carbocycles. The summed E-state index contributed by atoms with van der Waals surface area (Å²) in [6.07, 6.45) is 4.19. The predicted molar refractivity (Wildman–Crippen MR) is 132 cm³/mol. The number of halogens is 1. The molecule has 7 heteroatoms. The van der Waals surface area contributed by atoms with Crippen molar-refractivity contribution in [2.75, 3.05) is 4.90 Å². The molecule has 5 rings (SSSR count). The Hall–Kier alpha value is -4.52. The number of imide groups is 2. The normalized spacial score (nSPS) is 15.2. The van der Waals surface area contributed by atoms with Crippen molar-refractivity contribution in [3.8, 4) is 0 Å². The summed E-state index contributed by atoms with van der Waals surface area (Å²) >= 11 is 0. The van der Waals surface area contributed by atoms with E-state index in [-0.39, 0.29) is 11.4 Å². The van der Waals surface area contributed by atoms with E-state index in [1.807, 2.05) is 54.1 Å². The van der Waals surface area contributed by atoms with Crippen LogP contribution in [0.3, 0.4) is 0 Å². The van der Waals surface area contributed by atoms with E-state index in [0.717, 1.165) is 33.4 Å². The van der Waals surface area contributed by atoms with Crippen LogP contribution in [0.15, 0.2) is 84.6 Å². The zero-order valence-corrected chi connectivity index (χ0v) is 19.0. The molecular weight excluding hydrogens is 445 g/mol. The first kappa shape index (κ1) is 22.3. The zero-order valence-electron chi connectivity index (χ0n) is 19.0. The quantitative estimate of drug-likeness (QED) is 0.330. The number of aromatic nitrogens is 1. The maximum Gasteiger partial charge on any atom is 0.335 e. The van der Waals surface area contributed by atoms with E-state index in [1.165, 1.54) is 18.2 Å². The lowest BCUT2D eigenvalue weighted by Gasteiger charge is -2.26. The lowest BCUT2D eigenvalue weighted by Crippen LogP contribution is -2.54. The van der Waals surface area contributed by atoms with Gasteiger partial charge in [0.25, 0.3) is 11.8 Å². The lowest BCUT2D eigenvalue weighted by atomic mass is 10.1. The van der Waals surface area contributed by atoms with Crippen LogP contribution in [0.5, 0.6) is 0 Å². The summed E-state index contributed by atoms with van der Waals surface area (Å²) in [5, 5.41) is 3.12. The van der Waals surface area contributed by atoms with Gasteiger partial charge in [-0.3, -0.25) is 14.9 Å². The molecule has 1 aliphatic heterocycles. The van der Waals surface area contributed by atoms with Crippen LogP contribution >= 0.6 is 0 Å². The number of carbonyl (C=O) groups excluding carboxylic acids is 3. The lowest BCUT2D eigenvalue weighted by molar-refractivity contribution is -0.122. The fourth-order valence-electron chi connectivity index (χ4n) is 4.24. The second-order valence-corrected chi connectivity index (χ2v) is 8.33. The van der Waals surface area contributed by atoms with Gasteiger partial charge in [-0.2, -0.15) is 0 Å². The highest BCUT2D eigenvalue weighted by Gasteiger charge is 2.37. The van der Waals surface area contributed by atoms with Gasteiger partial charge in [-0.05, 0) is 54.0 Å². The van der Waals surface area contributed by atoms with Crippen molar-refractivity contribution in [2.45, 2.75) is 19.9 Å². The molecule has 35 heavy (non-hydrogen) atoms. The molecule has 0 atom stereocenters. The van der Waals surface area contributed by atoms with Gasteiger partial charge in [0.1, 0.15) is 11.4 Å². The van der Waals surface area contributed by atoms with Crippen LogP contribution in [0.4, 0.5) is 14.9 Å². The van der Waals surface area contributed by atoms with Crippen LogP contribution in [0, 0.1) is 5.82 Å². The molecule has 0 bridgehead atoms. The molecule has 0 unspecified atom stereocenters. The van der Waals surface area contributed by atoms with Gasteiger partial charge in [0.05, 0.1) is 5.69 Å². The van der Waals surface area contributed by atoms with Crippen molar-refractivity contribution in [2.24, 2.45) is 0 Å². The number of hydrogen-bond acceptors (Lipinski definition) is 3. The van der Waals surface area contributed by atoms with Crippen LogP contribution < -0.4 is 10.2 Å². The third kappa shape index (κ3) is 4.24. The van der Waals surface area contributed by atoms with E-state index in [1.54, 1.807) is 24.3 Å². The number of rotatable bonds is 5. The SMILES string of the molecule is CCc1ccc(N2C(=O)NC(=O)/C(=C/c3cn(Cc4ccc(F)cc4)c4ccccc34)C2=O)cc1. The smallest absolute Gasteiger partial charge is 0.335 e. The number of nitrogens with one attached hydrogen (secondary N) is 1. The Morgan fingerprint density at radius 3 is 2.29 bits per heavy atom. The number of hydrogen-bond donors (Lipinski definition) is 1. The standard InChI is InChI=1S/C28H22FN3O3/c1-2-18-9-13-22(14-10-18)32-27(34)24(26(33)30-28(32)35)15-20-17-31(25-6-4-3-5-23(20)25)16-19-7-11-21(29)12-8-19/h3-15,17H,2,16H2,1H3,(H,30,33,35)/b24-15-. The molecular formula is C28H22FN3O3. The number of aryl methyl sites for hydroxylation is 1. The number of barbiturate groups is 1. The van der Waals surface area contributed by atoms with Crippen LogP contribution in [0.25, 0.3) is 17.0 Å². The van der Waals surface area contributed by atoms with Crippen molar-refractivity contribution >= 4 is 40.5 Å². The summed E-state index contributed by atoms with van der Waals surface area (Å²) < 4.78 is 15.3. The molecule has 0 spiro atoms. The number of nitrogens with zero attached hydrogens (tertiary/aromatic N) is 2. The Bertz CT molecular complexity index is 1480. The Morgan fingerprint density at radius 1 is 0.886 bits per heavy atom. The molecule has 1 aromatic heterocycles. The maximum atomic E-state index is 13.3. The van der Waals surface area contributed by atoms with Gasteiger partial charge in [0.2, 0.25) is 0 Å². The van der Waals surface area contributed by atoms with Gasteiger partial charge in [-0.25, -0.2) is 14.1 Å². The number of anilines is 1. The fourth-order valence-corrected chi connectivity index (χ4v) is 4.24. The monoisotopic (exact) mass is 467 g/mol. The van der Waals surface area contributed by atoms with Crippen LogP contribution in [-0.4, -0.2) is 22.4 Å². The number of fused-ring (bicyclic) bond motifs is 1. The van der Waals surface area contributed by atoms with E-state index in [9.17, 15) is 18.8 Å². The molecule has 174 valence electrons. The van der Waals surface area contributed by atoms with Crippen LogP contribution in [-0.2, 0) is 22.6 Å². The predicted octanol–water partition coefficient (Wildman–Crippen LogP) is 5.06. The summed E-state index contributed by atoms with van der Waals surface area (Å²) in [4.78, 5) is 39.5. The average molecular weight is 468 g/mol. The van der Waals surface area contributed by atoms with Gasteiger partial charge in [-0.15, -0.1) is 0 Å². The van der Waals surface area contributed by atoms with E-state index < -0.39 is 17.8 Å². The summed E-state index contributed by atoms with van der Waals surface area (Å²) in [7, 11) is 0. The van der Waals surface area contributed by atoms with Crippen molar-refractivity contribution in [1.29, 1.82) is 0 Å². The first-order valence-corrected chi connectivity index (χ1v) is 11.3. The molecule has 1 saturated heterocycles. The summed E-state index contributed by atoms with van der Waals surface area (Å²) in [5.41, 5.74) is 3.80. The van der Waals surface area contributed by atoms with Gasteiger partial charge < -0.3 is 4.57 Å². The Morgan fingerprint density at radius 2 is 1.57 bits per heavy atom. The third-order valence-electron chi connectivity index (χ3n) is 6.09. The number of benzene rings is 3.